The van der Waals surface area contributed by atoms with Gasteiger partial charge in [-0.05, 0) is 25.5 Å². The molecule has 0 saturated carbocycles. The molecule has 1 aromatic rings. The number of hydrogen-bond acceptors (Lipinski definition) is 1. The standard InChI is InChI=1S/C8H10FN/c1-3-8-7(9)5-4-6(2)10-8/h4-5H,3H2,1-2H3. The second kappa shape index (κ2) is 2.78. The van der Waals surface area contributed by atoms with Gasteiger partial charge in [-0.25, -0.2) is 4.39 Å². The van der Waals surface area contributed by atoms with Crippen molar-refractivity contribution in [1.29, 1.82) is 0 Å². The molecule has 1 rings (SSSR count). The smallest absolute Gasteiger partial charge is 0.144 e. The van der Waals surface area contributed by atoms with Crippen LogP contribution in [0, 0.1) is 12.7 Å². The van der Waals surface area contributed by atoms with Crippen molar-refractivity contribution in [2.45, 2.75) is 20.3 Å². The van der Waals surface area contributed by atoms with Gasteiger partial charge in [0.2, 0.25) is 0 Å². The Bertz CT molecular complexity index is 233. The molecule has 10 heavy (non-hydrogen) atoms. The fraction of sp³-hybridized carbons (Fsp3) is 0.375. The maximum absolute atomic E-state index is 12.7. The highest BCUT2D eigenvalue weighted by atomic mass is 19.1. The second-order valence-electron chi connectivity index (χ2n) is 2.23. The zero-order chi connectivity index (χ0) is 7.56. The highest BCUT2D eigenvalue weighted by Gasteiger charge is 1.99. The Balaban J connectivity index is 3.09. The van der Waals surface area contributed by atoms with E-state index in [1.54, 1.807) is 6.07 Å². The quantitative estimate of drug-likeness (QED) is 0.580. The average Bonchev–Trinajstić information content (AvgIpc) is 1.94. The zero-order valence-electron chi connectivity index (χ0n) is 6.19. The predicted molar refractivity (Wildman–Crippen MR) is 38.3 cm³/mol. The fourth-order valence-corrected chi connectivity index (χ4v) is 0.841. The molecule has 2 heteroatoms. The van der Waals surface area contributed by atoms with Crippen molar-refractivity contribution >= 4 is 0 Å². The molecular formula is C8H10FN. The summed E-state index contributed by atoms with van der Waals surface area (Å²) in [6.07, 6.45) is 0.660. The molecule has 0 atom stereocenters. The van der Waals surface area contributed by atoms with Crippen LogP contribution in [0.25, 0.3) is 0 Å². The van der Waals surface area contributed by atoms with Crippen molar-refractivity contribution in [3.05, 3.63) is 29.3 Å². The molecule has 0 bridgehead atoms. The minimum absolute atomic E-state index is 0.201. The molecule has 0 aromatic carbocycles. The maximum atomic E-state index is 12.7. The van der Waals surface area contributed by atoms with Crippen molar-refractivity contribution in [3.63, 3.8) is 0 Å². The molecule has 1 heterocycles. The summed E-state index contributed by atoms with van der Waals surface area (Å²) in [6, 6.07) is 3.13. The van der Waals surface area contributed by atoms with Crippen LogP contribution in [0.5, 0.6) is 0 Å². The monoisotopic (exact) mass is 139 g/mol. The third-order valence-corrected chi connectivity index (χ3v) is 1.39. The number of aryl methyl sites for hydroxylation is 2. The van der Waals surface area contributed by atoms with Gasteiger partial charge < -0.3 is 0 Å². The Kier molecular flexibility index (Phi) is 2.00. The lowest BCUT2D eigenvalue weighted by atomic mass is 10.2. The van der Waals surface area contributed by atoms with Gasteiger partial charge in [-0.2, -0.15) is 0 Å². The molecule has 0 aliphatic heterocycles. The largest absolute Gasteiger partial charge is 0.255 e. The molecule has 0 unspecified atom stereocenters. The molecule has 0 N–H and O–H groups in total. The normalized spacial score (nSPS) is 9.90. The minimum Gasteiger partial charge on any atom is -0.255 e. The van der Waals surface area contributed by atoms with Gasteiger partial charge in [-0.1, -0.05) is 6.92 Å². The van der Waals surface area contributed by atoms with E-state index in [1.165, 1.54) is 6.07 Å². The summed E-state index contributed by atoms with van der Waals surface area (Å²) in [7, 11) is 0. The van der Waals surface area contributed by atoms with Gasteiger partial charge >= 0.3 is 0 Å². The van der Waals surface area contributed by atoms with Crippen LogP contribution in [-0.4, -0.2) is 4.98 Å². The van der Waals surface area contributed by atoms with E-state index < -0.39 is 0 Å². The van der Waals surface area contributed by atoms with Crippen LogP contribution in [0.4, 0.5) is 4.39 Å². The first-order chi connectivity index (χ1) is 4.74. The first kappa shape index (κ1) is 7.19. The molecule has 0 amide bonds. The number of pyridine rings is 1. The first-order valence-corrected chi connectivity index (χ1v) is 3.36. The van der Waals surface area contributed by atoms with E-state index in [4.69, 9.17) is 0 Å². The van der Waals surface area contributed by atoms with Gasteiger partial charge in [0.1, 0.15) is 5.82 Å². The van der Waals surface area contributed by atoms with E-state index in [2.05, 4.69) is 4.98 Å². The van der Waals surface area contributed by atoms with Gasteiger partial charge in [0.15, 0.2) is 0 Å². The van der Waals surface area contributed by atoms with Crippen LogP contribution in [-0.2, 0) is 6.42 Å². The van der Waals surface area contributed by atoms with Crippen LogP contribution in [0.1, 0.15) is 18.3 Å². The molecule has 54 valence electrons. The molecular weight excluding hydrogens is 129 g/mol. The van der Waals surface area contributed by atoms with Gasteiger partial charge in [0.25, 0.3) is 0 Å². The number of halogens is 1. The number of aromatic nitrogens is 1. The zero-order valence-corrected chi connectivity index (χ0v) is 6.19. The van der Waals surface area contributed by atoms with Crippen LogP contribution in [0.15, 0.2) is 12.1 Å². The lowest BCUT2D eigenvalue weighted by molar-refractivity contribution is 0.600. The maximum Gasteiger partial charge on any atom is 0.144 e. The van der Waals surface area contributed by atoms with Crippen LogP contribution in [0.2, 0.25) is 0 Å². The predicted octanol–water partition coefficient (Wildman–Crippen LogP) is 2.09. The average molecular weight is 139 g/mol. The molecule has 0 aliphatic carbocycles. The van der Waals surface area contributed by atoms with Gasteiger partial charge in [-0.15, -0.1) is 0 Å². The van der Waals surface area contributed by atoms with Gasteiger partial charge in [0, 0.05) is 5.69 Å². The summed E-state index contributed by atoms with van der Waals surface area (Å²) in [5.41, 5.74) is 1.43. The highest BCUT2D eigenvalue weighted by Crippen LogP contribution is 2.04. The molecule has 0 saturated heterocycles. The molecule has 0 spiro atoms. The van der Waals surface area contributed by atoms with Crippen molar-refractivity contribution < 1.29 is 4.39 Å². The fourth-order valence-electron chi connectivity index (χ4n) is 0.841. The molecule has 1 aromatic heterocycles. The Hall–Kier alpha value is -0.920. The number of rotatable bonds is 1. The summed E-state index contributed by atoms with van der Waals surface area (Å²) in [5, 5.41) is 0. The van der Waals surface area contributed by atoms with E-state index in [1.807, 2.05) is 13.8 Å². The van der Waals surface area contributed by atoms with E-state index in [0.29, 0.717) is 12.1 Å². The lowest BCUT2D eigenvalue weighted by Crippen LogP contribution is -1.93. The summed E-state index contributed by atoms with van der Waals surface area (Å²) in [6.45, 7) is 3.75. The highest BCUT2D eigenvalue weighted by molar-refractivity contribution is 5.12. The Morgan fingerprint density at radius 3 is 2.70 bits per heavy atom. The summed E-state index contributed by atoms with van der Waals surface area (Å²) in [4.78, 5) is 4.02. The number of nitrogens with zero attached hydrogens (tertiary/aromatic N) is 1. The first-order valence-electron chi connectivity index (χ1n) is 3.36. The summed E-state index contributed by atoms with van der Waals surface area (Å²) in [5.74, 6) is -0.201. The van der Waals surface area contributed by atoms with Gasteiger partial charge in [-0.3, -0.25) is 4.98 Å². The van der Waals surface area contributed by atoms with E-state index in [-0.39, 0.29) is 5.82 Å². The molecule has 0 aliphatic rings. The minimum atomic E-state index is -0.201. The topological polar surface area (TPSA) is 12.9 Å². The second-order valence-corrected chi connectivity index (χ2v) is 2.23. The third-order valence-electron chi connectivity index (χ3n) is 1.39. The molecule has 0 fully saturated rings. The van der Waals surface area contributed by atoms with E-state index in [9.17, 15) is 4.39 Å². The SMILES string of the molecule is CCc1nc(C)ccc1F. The van der Waals surface area contributed by atoms with Crippen molar-refractivity contribution in [2.24, 2.45) is 0 Å². The molecule has 1 nitrogen and oxygen atoms in total. The lowest BCUT2D eigenvalue weighted by Gasteiger charge is -1.98. The van der Waals surface area contributed by atoms with Crippen LogP contribution < -0.4 is 0 Å². The number of hydrogen-bond donors (Lipinski definition) is 0. The van der Waals surface area contributed by atoms with E-state index >= 15 is 0 Å². The Labute approximate surface area is 59.9 Å². The summed E-state index contributed by atoms with van der Waals surface area (Å²) >= 11 is 0. The van der Waals surface area contributed by atoms with Crippen molar-refractivity contribution in [1.82, 2.24) is 4.98 Å². The Morgan fingerprint density at radius 2 is 2.20 bits per heavy atom. The third kappa shape index (κ3) is 1.32. The van der Waals surface area contributed by atoms with Gasteiger partial charge in [0.05, 0.1) is 5.69 Å². The van der Waals surface area contributed by atoms with Crippen LogP contribution >= 0.6 is 0 Å². The summed E-state index contributed by atoms with van der Waals surface area (Å²) < 4.78 is 12.7. The van der Waals surface area contributed by atoms with Crippen LogP contribution in [0.3, 0.4) is 0 Å². The van der Waals surface area contributed by atoms with Crippen molar-refractivity contribution in [3.8, 4) is 0 Å². The van der Waals surface area contributed by atoms with E-state index in [0.717, 1.165) is 5.69 Å². The Morgan fingerprint density at radius 1 is 1.50 bits per heavy atom. The van der Waals surface area contributed by atoms with Crippen molar-refractivity contribution in [2.75, 3.05) is 0 Å². The molecule has 0 radical (unpaired) electrons.